The largest absolute Gasteiger partial charge is 0.504 e. The number of benzene rings is 1. The number of aromatic nitrogens is 2. The van der Waals surface area contributed by atoms with Crippen molar-refractivity contribution in [1.29, 1.82) is 0 Å². The van der Waals surface area contributed by atoms with Crippen molar-refractivity contribution in [3.63, 3.8) is 0 Å². The van der Waals surface area contributed by atoms with Crippen molar-refractivity contribution in [2.45, 2.75) is 84.1 Å². The molecule has 1 aromatic carbocycles. The maximum Gasteiger partial charge on any atom is 0.227 e. The molecule has 6 N–H and O–H groups in total. The topological polar surface area (TPSA) is 124 Å². The number of hydrogen-bond acceptors (Lipinski definition) is 10. The van der Waals surface area contributed by atoms with Crippen molar-refractivity contribution in [3.05, 3.63) is 23.8 Å². The Bertz CT molecular complexity index is 991. The first-order valence-corrected chi connectivity index (χ1v) is 12.2. The molecule has 0 spiro atoms. The van der Waals surface area contributed by atoms with E-state index in [0.29, 0.717) is 30.1 Å². The highest BCUT2D eigenvalue weighted by Crippen LogP contribution is 2.41. The Kier molecular flexibility index (Phi) is 7.18. The lowest BCUT2D eigenvalue weighted by Gasteiger charge is -2.27. The Morgan fingerprint density at radius 1 is 1.12 bits per heavy atom. The smallest absolute Gasteiger partial charge is 0.227 e. The maximum absolute atomic E-state index is 10.6. The highest BCUT2D eigenvalue weighted by Gasteiger charge is 2.35. The van der Waals surface area contributed by atoms with Crippen LogP contribution in [0.3, 0.4) is 0 Å². The Labute approximate surface area is 201 Å². The molecule has 2 aromatic rings. The first kappa shape index (κ1) is 24.2. The van der Waals surface area contributed by atoms with Crippen LogP contribution < -0.4 is 36.7 Å². The highest BCUT2D eigenvalue weighted by atomic mass is 16.5. The number of fused-ring (bicyclic) bond motifs is 1. The molecule has 0 radical (unpaired) electrons. The monoisotopic (exact) mass is 470 g/mol. The molecule has 4 rings (SSSR count). The third kappa shape index (κ3) is 4.92. The predicted octanol–water partition coefficient (Wildman–Crippen LogP) is 3.35. The molecule has 1 aliphatic heterocycles. The summed E-state index contributed by atoms with van der Waals surface area (Å²) in [5, 5.41) is 21.7. The van der Waals surface area contributed by atoms with E-state index in [-0.39, 0.29) is 23.9 Å². The van der Waals surface area contributed by atoms with Gasteiger partial charge in [-0.3, -0.25) is 10.0 Å². The van der Waals surface area contributed by atoms with E-state index in [0.717, 1.165) is 42.8 Å². The van der Waals surface area contributed by atoms with Crippen LogP contribution in [0.1, 0.15) is 58.9 Å². The molecule has 2 aliphatic rings. The number of ether oxygens (including phenoxy) is 1. The SMILES string of the molecule is COc1cccc(CNc2nc(NC3CCC(N)CC3)nc3c2N(C(C)C)NN3C(C)C)c1O. The molecule has 2 heterocycles. The molecule has 0 amide bonds. The van der Waals surface area contributed by atoms with Gasteiger partial charge in [-0.25, -0.2) is 0 Å². The van der Waals surface area contributed by atoms with Crippen molar-refractivity contribution in [1.82, 2.24) is 15.5 Å². The van der Waals surface area contributed by atoms with Crippen LogP contribution in [0.4, 0.5) is 23.3 Å². The first-order chi connectivity index (χ1) is 16.3. The van der Waals surface area contributed by atoms with Gasteiger partial charge in [0.05, 0.1) is 7.11 Å². The Hall–Kier alpha value is -2.98. The third-order valence-corrected chi connectivity index (χ3v) is 6.44. The molecular weight excluding hydrogens is 432 g/mol. The van der Waals surface area contributed by atoms with Crippen molar-refractivity contribution in [2.24, 2.45) is 5.73 Å². The maximum atomic E-state index is 10.6. The Morgan fingerprint density at radius 2 is 1.82 bits per heavy atom. The fourth-order valence-corrected chi connectivity index (χ4v) is 4.47. The molecule has 0 bridgehead atoms. The summed E-state index contributed by atoms with van der Waals surface area (Å²) in [6, 6.07) is 6.43. The molecule has 1 fully saturated rings. The lowest BCUT2D eigenvalue weighted by atomic mass is 9.92. The zero-order valence-electron chi connectivity index (χ0n) is 20.8. The van der Waals surface area contributed by atoms with E-state index >= 15 is 0 Å². The van der Waals surface area contributed by atoms with Crippen LogP contribution in [-0.2, 0) is 6.54 Å². The molecule has 1 saturated carbocycles. The Morgan fingerprint density at radius 3 is 2.47 bits per heavy atom. The van der Waals surface area contributed by atoms with Gasteiger partial charge in [-0.1, -0.05) is 12.1 Å². The second-order valence-corrected chi connectivity index (χ2v) is 9.67. The van der Waals surface area contributed by atoms with Crippen LogP contribution in [-0.4, -0.2) is 46.4 Å². The molecule has 10 heteroatoms. The molecule has 186 valence electrons. The lowest BCUT2D eigenvalue weighted by Crippen LogP contribution is -2.50. The van der Waals surface area contributed by atoms with Gasteiger partial charge < -0.3 is 26.2 Å². The number of nitrogens with one attached hydrogen (secondary N) is 3. The second kappa shape index (κ2) is 10.1. The van der Waals surface area contributed by atoms with Crippen molar-refractivity contribution in [3.8, 4) is 11.5 Å². The van der Waals surface area contributed by atoms with Crippen molar-refractivity contribution >= 4 is 23.3 Å². The van der Waals surface area contributed by atoms with E-state index in [1.54, 1.807) is 13.2 Å². The van der Waals surface area contributed by atoms with E-state index in [1.165, 1.54) is 0 Å². The van der Waals surface area contributed by atoms with Crippen molar-refractivity contribution in [2.75, 3.05) is 27.8 Å². The summed E-state index contributed by atoms with van der Waals surface area (Å²) in [4.78, 5) is 9.81. The lowest BCUT2D eigenvalue weighted by molar-refractivity contribution is 0.371. The average molecular weight is 471 g/mol. The first-order valence-electron chi connectivity index (χ1n) is 12.2. The molecule has 1 aromatic heterocycles. The fourth-order valence-electron chi connectivity index (χ4n) is 4.47. The number of para-hydroxylation sites is 1. The fraction of sp³-hybridized carbons (Fsp3) is 0.583. The number of methoxy groups -OCH3 is 1. The normalized spacial score (nSPS) is 20.1. The summed E-state index contributed by atoms with van der Waals surface area (Å²) < 4.78 is 5.26. The van der Waals surface area contributed by atoms with E-state index in [1.807, 2.05) is 12.1 Å². The number of hydrogen-bond donors (Lipinski definition) is 5. The minimum atomic E-state index is 0.128. The molecule has 0 unspecified atom stereocenters. The number of anilines is 4. The molecule has 0 saturated heterocycles. The van der Waals surface area contributed by atoms with Gasteiger partial charge in [0, 0.05) is 36.3 Å². The number of hydrazine groups is 2. The molecule has 10 nitrogen and oxygen atoms in total. The summed E-state index contributed by atoms with van der Waals surface area (Å²) in [5.74, 6) is 2.69. The van der Waals surface area contributed by atoms with Crippen LogP contribution in [0.5, 0.6) is 11.5 Å². The number of phenolic OH excluding ortho intramolecular Hbond substituents is 1. The van der Waals surface area contributed by atoms with Crippen LogP contribution in [0.2, 0.25) is 0 Å². The summed E-state index contributed by atoms with van der Waals surface area (Å²) in [6.45, 7) is 8.88. The zero-order chi connectivity index (χ0) is 24.4. The summed E-state index contributed by atoms with van der Waals surface area (Å²) in [5.41, 5.74) is 11.2. The summed E-state index contributed by atoms with van der Waals surface area (Å²) in [6.07, 6.45) is 4.02. The number of aromatic hydroxyl groups is 1. The minimum absolute atomic E-state index is 0.128. The van der Waals surface area contributed by atoms with Crippen LogP contribution in [0.15, 0.2) is 18.2 Å². The minimum Gasteiger partial charge on any atom is -0.504 e. The second-order valence-electron chi connectivity index (χ2n) is 9.67. The van der Waals surface area contributed by atoms with Gasteiger partial charge in [-0.05, 0) is 59.4 Å². The van der Waals surface area contributed by atoms with Crippen LogP contribution in [0.25, 0.3) is 0 Å². The van der Waals surface area contributed by atoms with Gasteiger partial charge in [0.1, 0.15) is 5.69 Å². The molecule has 0 atom stereocenters. The molecule has 34 heavy (non-hydrogen) atoms. The number of nitrogens with two attached hydrogens (primary N) is 1. The van der Waals surface area contributed by atoms with Crippen LogP contribution in [0, 0.1) is 0 Å². The zero-order valence-corrected chi connectivity index (χ0v) is 20.8. The van der Waals surface area contributed by atoms with Crippen LogP contribution >= 0.6 is 0 Å². The van der Waals surface area contributed by atoms with E-state index in [9.17, 15) is 5.11 Å². The van der Waals surface area contributed by atoms with E-state index in [2.05, 4.69) is 53.9 Å². The van der Waals surface area contributed by atoms with E-state index in [4.69, 9.17) is 20.4 Å². The van der Waals surface area contributed by atoms with Gasteiger partial charge in [-0.2, -0.15) is 9.97 Å². The van der Waals surface area contributed by atoms with Gasteiger partial charge in [0.15, 0.2) is 23.1 Å². The number of phenols is 1. The number of rotatable bonds is 8. The predicted molar refractivity (Wildman–Crippen MR) is 136 cm³/mol. The molecule has 1 aliphatic carbocycles. The van der Waals surface area contributed by atoms with Gasteiger partial charge in [0.2, 0.25) is 5.95 Å². The van der Waals surface area contributed by atoms with Gasteiger partial charge in [0.25, 0.3) is 0 Å². The van der Waals surface area contributed by atoms with E-state index < -0.39 is 0 Å². The Balaban J connectivity index is 1.68. The van der Waals surface area contributed by atoms with Crippen molar-refractivity contribution < 1.29 is 9.84 Å². The standard InChI is InChI=1S/C24H38N8O2/c1-14(2)31-20-22(26-13-16-7-6-8-19(34-5)21(16)33)28-24(27-18-11-9-17(25)10-12-18)29-23(20)32(30-31)15(3)4/h6-8,14-15,17-18,30,33H,9-13,25H2,1-5H3,(H2,26,27,28,29). The van der Waals surface area contributed by atoms with Gasteiger partial charge >= 0.3 is 0 Å². The quantitative estimate of drug-likeness (QED) is 0.392. The number of nitrogens with zero attached hydrogens (tertiary/aromatic N) is 4. The average Bonchev–Trinajstić information content (AvgIpc) is 3.20. The molecular formula is C24H38N8O2. The highest BCUT2D eigenvalue weighted by molar-refractivity contribution is 5.83. The summed E-state index contributed by atoms with van der Waals surface area (Å²) >= 11 is 0. The third-order valence-electron chi connectivity index (χ3n) is 6.44. The van der Waals surface area contributed by atoms with Gasteiger partial charge in [-0.15, -0.1) is 5.53 Å². The summed E-state index contributed by atoms with van der Waals surface area (Å²) in [7, 11) is 1.55.